The summed E-state index contributed by atoms with van der Waals surface area (Å²) in [5.74, 6) is 1.28. The van der Waals surface area contributed by atoms with Gasteiger partial charge < -0.3 is 14.5 Å². The molecule has 31 heavy (non-hydrogen) atoms. The molecule has 0 aliphatic rings. The largest absolute Gasteiger partial charge is 0.497 e. The minimum atomic E-state index is -0.187. The van der Waals surface area contributed by atoms with Crippen LogP contribution < -0.4 is 10.1 Å². The molecule has 1 N–H and O–H groups in total. The molecule has 0 bridgehead atoms. The molecule has 5 heteroatoms. The summed E-state index contributed by atoms with van der Waals surface area (Å²) in [5.41, 5.74) is 6.81. The van der Waals surface area contributed by atoms with E-state index in [1.807, 2.05) is 54.6 Å². The number of carbonyl (C=O) groups is 1. The van der Waals surface area contributed by atoms with E-state index in [1.54, 1.807) is 13.2 Å². The first-order valence-corrected chi connectivity index (χ1v) is 10.1. The molecule has 0 aliphatic heterocycles. The van der Waals surface area contributed by atoms with E-state index < -0.39 is 0 Å². The number of methoxy groups -OCH3 is 1. The van der Waals surface area contributed by atoms with Gasteiger partial charge in [-0.2, -0.15) is 0 Å². The first kappa shape index (κ1) is 20.4. The molecular weight excluding hydrogens is 388 g/mol. The van der Waals surface area contributed by atoms with E-state index in [0.29, 0.717) is 12.3 Å². The SMILES string of the molecule is COc1ccc(/C=C/C(=O)Nc2ccc(Cc3nc4cc(C)c(C)cc4o3)cc2)cc1. The van der Waals surface area contributed by atoms with E-state index in [1.165, 1.54) is 17.2 Å². The van der Waals surface area contributed by atoms with Crippen molar-refractivity contribution in [2.45, 2.75) is 20.3 Å². The maximum atomic E-state index is 12.2. The average Bonchev–Trinajstić information content (AvgIpc) is 3.15. The Morgan fingerprint density at radius 1 is 1.03 bits per heavy atom. The van der Waals surface area contributed by atoms with Gasteiger partial charge in [-0.3, -0.25) is 4.79 Å². The van der Waals surface area contributed by atoms with Crippen LogP contribution in [0.2, 0.25) is 0 Å². The highest BCUT2D eigenvalue weighted by Crippen LogP contribution is 2.22. The Bertz CT molecular complexity index is 1200. The Morgan fingerprint density at radius 2 is 1.74 bits per heavy atom. The fourth-order valence-electron chi connectivity index (χ4n) is 3.25. The van der Waals surface area contributed by atoms with Gasteiger partial charge >= 0.3 is 0 Å². The van der Waals surface area contributed by atoms with Gasteiger partial charge in [0.15, 0.2) is 11.5 Å². The number of carbonyl (C=O) groups excluding carboxylic acids is 1. The standard InChI is InChI=1S/C26H24N2O3/c1-17-14-23-24(15-18(17)2)31-26(28-23)16-20-4-9-21(10-5-20)27-25(29)13-8-19-6-11-22(30-3)12-7-19/h4-15H,16H2,1-3H3,(H,27,29)/b13-8+. The summed E-state index contributed by atoms with van der Waals surface area (Å²) in [7, 11) is 1.62. The van der Waals surface area contributed by atoms with Crippen molar-refractivity contribution in [3.05, 3.63) is 94.9 Å². The van der Waals surface area contributed by atoms with Gasteiger partial charge in [-0.1, -0.05) is 24.3 Å². The molecule has 0 unspecified atom stereocenters. The molecule has 0 radical (unpaired) electrons. The van der Waals surface area contributed by atoms with Crippen LogP contribution in [-0.2, 0) is 11.2 Å². The minimum Gasteiger partial charge on any atom is -0.497 e. The number of hydrogen-bond donors (Lipinski definition) is 1. The predicted molar refractivity (Wildman–Crippen MR) is 123 cm³/mol. The average molecular weight is 412 g/mol. The van der Waals surface area contributed by atoms with Crippen molar-refractivity contribution < 1.29 is 13.9 Å². The Kier molecular flexibility index (Phi) is 5.85. The van der Waals surface area contributed by atoms with Gasteiger partial charge in [0.2, 0.25) is 5.91 Å². The van der Waals surface area contributed by atoms with Crippen LogP contribution in [0.1, 0.15) is 28.1 Å². The van der Waals surface area contributed by atoms with E-state index in [0.717, 1.165) is 33.7 Å². The van der Waals surface area contributed by atoms with Gasteiger partial charge in [-0.15, -0.1) is 0 Å². The molecule has 5 nitrogen and oxygen atoms in total. The number of anilines is 1. The van der Waals surface area contributed by atoms with Crippen molar-refractivity contribution in [2.24, 2.45) is 0 Å². The van der Waals surface area contributed by atoms with Crippen molar-refractivity contribution in [1.29, 1.82) is 0 Å². The normalized spacial score (nSPS) is 11.2. The number of benzene rings is 3. The van der Waals surface area contributed by atoms with Crippen LogP contribution in [0.3, 0.4) is 0 Å². The molecule has 1 aromatic heterocycles. The lowest BCUT2D eigenvalue weighted by Gasteiger charge is -2.04. The fourth-order valence-corrected chi connectivity index (χ4v) is 3.25. The molecular formula is C26H24N2O3. The lowest BCUT2D eigenvalue weighted by molar-refractivity contribution is -0.111. The number of aromatic nitrogens is 1. The number of rotatable bonds is 6. The van der Waals surface area contributed by atoms with Crippen molar-refractivity contribution in [3.63, 3.8) is 0 Å². The van der Waals surface area contributed by atoms with Crippen molar-refractivity contribution in [2.75, 3.05) is 12.4 Å². The monoisotopic (exact) mass is 412 g/mol. The second-order valence-electron chi connectivity index (χ2n) is 7.48. The lowest BCUT2D eigenvalue weighted by Crippen LogP contribution is -2.07. The summed E-state index contributed by atoms with van der Waals surface area (Å²) in [6.45, 7) is 4.14. The Balaban J connectivity index is 1.37. The van der Waals surface area contributed by atoms with Crippen LogP contribution in [-0.4, -0.2) is 18.0 Å². The molecule has 0 spiro atoms. The van der Waals surface area contributed by atoms with Crippen molar-refractivity contribution in [1.82, 2.24) is 4.98 Å². The highest BCUT2D eigenvalue weighted by atomic mass is 16.5. The van der Waals surface area contributed by atoms with Crippen molar-refractivity contribution >= 4 is 28.8 Å². The Hall–Kier alpha value is -3.86. The molecule has 1 heterocycles. The highest BCUT2D eigenvalue weighted by Gasteiger charge is 2.09. The van der Waals surface area contributed by atoms with E-state index in [2.05, 4.69) is 30.2 Å². The van der Waals surface area contributed by atoms with Gasteiger partial charge in [0.25, 0.3) is 0 Å². The summed E-state index contributed by atoms with van der Waals surface area (Å²) in [4.78, 5) is 16.8. The highest BCUT2D eigenvalue weighted by molar-refractivity contribution is 6.01. The van der Waals surface area contributed by atoms with E-state index in [9.17, 15) is 4.79 Å². The van der Waals surface area contributed by atoms with Crippen LogP contribution >= 0.6 is 0 Å². The summed E-state index contributed by atoms with van der Waals surface area (Å²) in [6, 6.07) is 19.3. The first-order chi connectivity index (χ1) is 15.0. The summed E-state index contributed by atoms with van der Waals surface area (Å²) in [6.07, 6.45) is 3.87. The summed E-state index contributed by atoms with van der Waals surface area (Å²) >= 11 is 0. The number of amides is 1. The van der Waals surface area contributed by atoms with Crippen LogP contribution in [0.25, 0.3) is 17.2 Å². The lowest BCUT2D eigenvalue weighted by atomic mass is 10.1. The van der Waals surface area contributed by atoms with Gasteiger partial charge in [-0.05, 0) is 78.6 Å². The van der Waals surface area contributed by atoms with Gasteiger partial charge in [0, 0.05) is 18.2 Å². The third-order valence-electron chi connectivity index (χ3n) is 5.17. The smallest absolute Gasteiger partial charge is 0.248 e. The number of hydrogen-bond acceptors (Lipinski definition) is 4. The minimum absolute atomic E-state index is 0.187. The number of fused-ring (bicyclic) bond motifs is 1. The fraction of sp³-hybridized carbons (Fsp3) is 0.154. The third kappa shape index (κ3) is 5.01. The van der Waals surface area contributed by atoms with Gasteiger partial charge in [-0.25, -0.2) is 4.98 Å². The van der Waals surface area contributed by atoms with Gasteiger partial charge in [0.1, 0.15) is 11.3 Å². The molecule has 0 saturated heterocycles. The number of aryl methyl sites for hydroxylation is 2. The number of nitrogens with one attached hydrogen (secondary N) is 1. The van der Waals surface area contributed by atoms with Gasteiger partial charge in [0.05, 0.1) is 7.11 Å². The molecule has 0 fully saturated rings. The van der Waals surface area contributed by atoms with E-state index in [4.69, 9.17) is 9.15 Å². The summed E-state index contributed by atoms with van der Waals surface area (Å²) < 4.78 is 11.0. The molecule has 4 rings (SSSR count). The molecule has 156 valence electrons. The zero-order valence-corrected chi connectivity index (χ0v) is 17.8. The zero-order valence-electron chi connectivity index (χ0n) is 17.8. The maximum Gasteiger partial charge on any atom is 0.248 e. The molecule has 4 aromatic rings. The number of nitrogens with zero attached hydrogens (tertiary/aromatic N) is 1. The topological polar surface area (TPSA) is 64.4 Å². The van der Waals surface area contributed by atoms with E-state index >= 15 is 0 Å². The molecule has 3 aromatic carbocycles. The predicted octanol–water partition coefficient (Wildman–Crippen LogP) is 5.70. The van der Waals surface area contributed by atoms with E-state index in [-0.39, 0.29) is 5.91 Å². The zero-order chi connectivity index (χ0) is 21.8. The molecule has 0 aliphatic carbocycles. The molecule has 0 saturated carbocycles. The second-order valence-corrected chi connectivity index (χ2v) is 7.48. The maximum absolute atomic E-state index is 12.2. The van der Waals surface area contributed by atoms with Crippen LogP contribution in [0.15, 0.2) is 71.2 Å². The Morgan fingerprint density at radius 3 is 2.45 bits per heavy atom. The molecule has 0 atom stereocenters. The van der Waals surface area contributed by atoms with Crippen molar-refractivity contribution in [3.8, 4) is 5.75 Å². The molecule has 1 amide bonds. The quantitative estimate of drug-likeness (QED) is 0.413. The third-order valence-corrected chi connectivity index (χ3v) is 5.17. The summed E-state index contributed by atoms with van der Waals surface area (Å²) in [5, 5.41) is 2.87. The van der Waals surface area contributed by atoms with Crippen LogP contribution in [0, 0.1) is 13.8 Å². The van der Waals surface area contributed by atoms with Crippen LogP contribution in [0.5, 0.6) is 5.75 Å². The second kappa shape index (κ2) is 8.88. The number of ether oxygens (including phenoxy) is 1. The number of oxazole rings is 1. The Labute approximate surface area is 181 Å². The first-order valence-electron chi connectivity index (χ1n) is 10.1. The van der Waals surface area contributed by atoms with Crippen LogP contribution in [0.4, 0.5) is 5.69 Å².